The molecule has 0 aromatic rings. The van der Waals surface area contributed by atoms with Gasteiger partial charge in [-0.1, -0.05) is 40.0 Å². The van der Waals surface area contributed by atoms with E-state index in [1.165, 1.54) is 25.3 Å². The summed E-state index contributed by atoms with van der Waals surface area (Å²) in [5, 5.41) is 13.6. The van der Waals surface area contributed by atoms with Gasteiger partial charge in [0.2, 0.25) is 11.7 Å². The predicted octanol–water partition coefficient (Wildman–Crippen LogP) is 3.00. The lowest BCUT2D eigenvalue weighted by molar-refractivity contribution is -0.129. The quantitative estimate of drug-likeness (QED) is 0.254. The minimum Gasteiger partial charge on any atom is -0.477 e. The van der Waals surface area contributed by atoms with Gasteiger partial charge >= 0.3 is 0 Å². The van der Waals surface area contributed by atoms with Crippen molar-refractivity contribution in [3.8, 4) is 0 Å². The van der Waals surface area contributed by atoms with Crippen LogP contribution >= 0.6 is 11.8 Å². The highest BCUT2D eigenvalue weighted by molar-refractivity contribution is 8.12. The molecule has 2 N–H and O–H groups in total. The zero-order valence-electron chi connectivity index (χ0n) is 17.4. The third-order valence-electron chi connectivity index (χ3n) is 4.16. The zero-order valence-corrected chi connectivity index (χ0v) is 18.2. The number of rotatable bonds is 10. The molecule has 1 saturated carbocycles. The molecule has 0 aromatic carbocycles. The van der Waals surface area contributed by atoms with Gasteiger partial charge in [-0.25, -0.2) is 0 Å². The molecule has 0 heterocycles. The Hall–Kier alpha value is -1.41. The summed E-state index contributed by atoms with van der Waals surface area (Å²) < 4.78 is 5.06. The van der Waals surface area contributed by atoms with Gasteiger partial charge in [-0.3, -0.25) is 9.59 Å². The lowest BCUT2D eigenvalue weighted by atomic mass is 9.88. The van der Waals surface area contributed by atoms with Gasteiger partial charge in [0.1, 0.15) is 0 Å². The maximum atomic E-state index is 12.5. The molecule has 1 aliphatic carbocycles. The number of hydrogen-bond acceptors (Lipinski definition) is 7. The molecule has 0 spiro atoms. The number of hydrogen-bond donors (Lipinski definition) is 2. The molecule has 1 amide bonds. The fourth-order valence-corrected chi connectivity index (χ4v) is 3.21. The van der Waals surface area contributed by atoms with Crippen LogP contribution in [0.1, 0.15) is 59.3 Å². The summed E-state index contributed by atoms with van der Waals surface area (Å²) in [6.07, 6.45) is 5.62. The Balaban J connectivity index is 0.00000326. The highest BCUT2D eigenvalue weighted by Crippen LogP contribution is 2.23. The second-order valence-corrected chi connectivity index (χ2v) is 6.93. The Morgan fingerprint density at radius 1 is 1.26 bits per heavy atom. The third-order valence-corrected chi connectivity index (χ3v) is 4.84. The summed E-state index contributed by atoms with van der Waals surface area (Å²) >= 11 is 1.49. The van der Waals surface area contributed by atoms with E-state index in [0.29, 0.717) is 6.42 Å². The number of ether oxygens (including phenoxy) is 1. The van der Waals surface area contributed by atoms with Crippen LogP contribution in [0.2, 0.25) is 0 Å². The van der Waals surface area contributed by atoms with Crippen molar-refractivity contribution >= 4 is 34.9 Å². The van der Waals surface area contributed by atoms with Crippen molar-refractivity contribution in [2.75, 3.05) is 26.5 Å². The van der Waals surface area contributed by atoms with E-state index < -0.39 is 6.04 Å². The fraction of sp³-hybridized carbons (Fsp3) is 0.789. The molecule has 1 atom stereocenters. The summed E-state index contributed by atoms with van der Waals surface area (Å²) in [5.74, 6) is 0.412. The van der Waals surface area contributed by atoms with Gasteiger partial charge < -0.3 is 15.4 Å². The molecule has 0 saturated heterocycles. The SMILES string of the molecule is CC.CC[C@H](NC(=O)C1CCCCC1)C(=O)/C(=N/N=C/SCCNC)OC. The molecule has 0 aliphatic heterocycles. The van der Waals surface area contributed by atoms with Crippen molar-refractivity contribution < 1.29 is 14.3 Å². The first-order valence-electron chi connectivity index (χ1n) is 9.88. The van der Waals surface area contributed by atoms with E-state index in [9.17, 15) is 9.59 Å². The van der Waals surface area contributed by atoms with Gasteiger partial charge in [-0.05, 0) is 26.3 Å². The first-order valence-corrected chi connectivity index (χ1v) is 10.9. The molecule has 1 aliphatic rings. The number of thioether (sulfide) groups is 1. The van der Waals surface area contributed by atoms with Gasteiger partial charge in [-0.15, -0.1) is 22.0 Å². The summed E-state index contributed by atoms with van der Waals surface area (Å²) in [7, 11) is 3.26. The topological polar surface area (TPSA) is 92.2 Å². The van der Waals surface area contributed by atoms with Gasteiger partial charge in [0, 0.05) is 18.2 Å². The van der Waals surface area contributed by atoms with Gasteiger partial charge in [0.15, 0.2) is 0 Å². The van der Waals surface area contributed by atoms with Crippen LogP contribution in [0.15, 0.2) is 10.2 Å². The molecule has 27 heavy (non-hydrogen) atoms. The largest absolute Gasteiger partial charge is 0.477 e. The smallest absolute Gasteiger partial charge is 0.279 e. The molecule has 156 valence electrons. The van der Waals surface area contributed by atoms with Crippen molar-refractivity contribution in [2.45, 2.75) is 65.3 Å². The third kappa shape index (κ3) is 10.5. The van der Waals surface area contributed by atoms with Crippen LogP contribution in [0.3, 0.4) is 0 Å². The van der Waals surface area contributed by atoms with Gasteiger partial charge in [0.05, 0.1) is 18.7 Å². The highest BCUT2D eigenvalue weighted by Gasteiger charge is 2.28. The molecular formula is C19H36N4O3S. The van der Waals surface area contributed by atoms with E-state index in [2.05, 4.69) is 20.8 Å². The summed E-state index contributed by atoms with van der Waals surface area (Å²) in [6.45, 7) is 6.72. The van der Waals surface area contributed by atoms with Crippen LogP contribution in [0.5, 0.6) is 0 Å². The summed E-state index contributed by atoms with van der Waals surface area (Å²) in [6, 6.07) is -0.625. The van der Waals surface area contributed by atoms with Crippen molar-refractivity contribution in [2.24, 2.45) is 16.1 Å². The Morgan fingerprint density at radius 2 is 1.93 bits per heavy atom. The van der Waals surface area contributed by atoms with E-state index in [1.807, 2.05) is 27.8 Å². The number of carbonyl (C=O) groups excluding carboxylic acids is 2. The second kappa shape index (κ2) is 16.7. The number of nitrogens with zero attached hydrogens (tertiary/aromatic N) is 2. The van der Waals surface area contributed by atoms with Crippen molar-refractivity contribution in [3.05, 3.63) is 0 Å². The van der Waals surface area contributed by atoms with Crippen molar-refractivity contribution in [1.29, 1.82) is 0 Å². The summed E-state index contributed by atoms with van der Waals surface area (Å²) in [5.41, 5.74) is 1.57. The Kier molecular flexibility index (Phi) is 15.9. The molecule has 8 heteroatoms. The molecular weight excluding hydrogens is 364 g/mol. The van der Waals surface area contributed by atoms with Crippen molar-refractivity contribution in [3.63, 3.8) is 0 Å². The molecule has 1 fully saturated rings. The number of carbonyl (C=O) groups is 2. The molecule has 0 aromatic heterocycles. The monoisotopic (exact) mass is 400 g/mol. The van der Waals surface area contributed by atoms with E-state index in [-0.39, 0.29) is 23.5 Å². The number of methoxy groups -OCH3 is 1. The van der Waals surface area contributed by atoms with E-state index in [1.54, 1.807) is 5.55 Å². The maximum absolute atomic E-state index is 12.5. The number of nitrogens with one attached hydrogen (secondary N) is 2. The standard InChI is InChI=1S/C17H30N4O3S.C2H6/c1-4-14(20-16(23)13-8-6-5-7-9-13)15(22)17(24-3)21-19-12-25-11-10-18-2;1-2/h12-14,18H,4-11H2,1-3H3,(H,20,23);1-2H3/b19-12+,21-17-;/t14-;/m0./s1. The van der Waals surface area contributed by atoms with Gasteiger partial charge in [0.25, 0.3) is 5.90 Å². The lowest BCUT2D eigenvalue weighted by Gasteiger charge is -2.23. The summed E-state index contributed by atoms with van der Waals surface area (Å²) in [4.78, 5) is 24.9. The Morgan fingerprint density at radius 3 is 2.48 bits per heavy atom. The Labute approximate surface area is 168 Å². The van der Waals surface area contributed by atoms with Crippen LogP contribution in [0.4, 0.5) is 0 Å². The number of amides is 1. The number of Topliss-reactive ketones (excluding diaryl/α,β-unsaturated/α-hetero) is 1. The minimum atomic E-state index is -0.625. The van der Waals surface area contributed by atoms with Crippen molar-refractivity contribution in [1.82, 2.24) is 10.6 Å². The molecule has 0 radical (unpaired) electrons. The predicted molar refractivity (Wildman–Crippen MR) is 114 cm³/mol. The number of ketones is 1. The molecule has 7 nitrogen and oxygen atoms in total. The highest BCUT2D eigenvalue weighted by atomic mass is 32.2. The van der Waals surface area contributed by atoms with E-state index in [0.717, 1.165) is 38.0 Å². The van der Waals surface area contributed by atoms with Crippen LogP contribution < -0.4 is 10.6 Å². The van der Waals surface area contributed by atoms with Crippen LogP contribution in [0, 0.1) is 5.92 Å². The molecule has 0 unspecified atom stereocenters. The first-order chi connectivity index (χ1) is 13.1. The zero-order chi connectivity index (χ0) is 20.5. The average molecular weight is 401 g/mol. The molecule has 0 bridgehead atoms. The van der Waals surface area contributed by atoms with Crippen LogP contribution in [-0.4, -0.2) is 55.6 Å². The average Bonchev–Trinajstić information content (AvgIpc) is 2.73. The van der Waals surface area contributed by atoms with Crippen LogP contribution in [-0.2, 0) is 14.3 Å². The first kappa shape index (κ1) is 25.6. The van der Waals surface area contributed by atoms with E-state index >= 15 is 0 Å². The minimum absolute atomic E-state index is 0.0140. The van der Waals surface area contributed by atoms with Crippen LogP contribution in [0.25, 0.3) is 0 Å². The normalized spacial score (nSPS) is 16.4. The van der Waals surface area contributed by atoms with Gasteiger partial charge in [-0.2, -0.15) is 0 Å². The lowest BCUT2D eigenvalue weighted by Crippen LogP contribution is -2.46. The second-order valence-electron chi connectivity index (χ2n) is 5.97. The van der Waals surface area contributed by atoms with E-state index in [4.69, 9.17) is 4.74 Å². The molecule has 1 rings (SSSR count). The maximum Gasteiger partial charge on any atom is 0.279 e. The Bertz CT molecular complexity index is 478. The fourth-order valence-electron chi connectivity index (χ4n) is 2.67.